The van der Waals surface area contributed by atoms with E-state index < -0.39 is 5.97 Å². The van der Waals surface area contributed by atoms with Crippen LogP contribution in [0.15, 0.2) is 54.6 Å². The van der Waals surface area contributed by atoms with Crippen LogP contribution in [0.2, 0.25) is 0 Å². The molecule has 0 amide bonds. The van der Waals surface area contributed by atoms with E-state index in [1.807, 2.05) is 18.2 Å². The topological polar surface area (TPSA) is 44.8 Å². The maximum Gasteiger partial charge on any atom is 0.338 e. The number of rotatable bonds is 2. The molecule has 0 aromatic heterocycles. The zero-order valence-corrected chi connectivity index (χ0v) is 10.9. The third kappa shape index (κ3) is 2.12. The van der Waals surface area contributed by atoms with Gasteiger partial charge in [-0.3, -0.25) is 0 Å². The molecule has 0 radical (unpaired) electrons. The molecule has 0 bridgehead atoms. The first kappa shape index (κ1) is 12.3. The summed E-state index contributed by atoms with van der Waals surface area (Å²) in [6, 6.07) is 12.4. The second kappa shape index (κ2) is 4.74. The number of ether oxygens (including phenoxy) is 3. The van der Waals surface area contributed by atoms with Gasteiger partial charge in [-0.2, -0.15) is 0 Å². The van der Waals surface area contributed by atoms with Gasteiger partial charge in [0.05, 0.1) is 0 Å². The Morgan fingerprint density at radius 3 is 2.35 bits per heavy atom. The van der Waals surface area contributed by atoms with E-state index in [9.17, 15) is 4.79 Å². The van der Waals surface area contributed by atoms with Crippen LogP contribution in [-0.2, 0) is 4.79 Å². The molecule has 4 nitrogen and oxygen atoms in total. The van der Waals surface area contributed by atoms with Gasteiger partial charge in [0, 0.05) is 5.57 Å². The minimum absolute atomic E-state index is 0.310. The number of esters is 1. The number of hydrogen-bond acceptors (Lipinski definition) is 4. The molecule has 1 aliphatic heterocycles. The second-order valence-corrected chi connectivity index (χ2v) is 4.40. The molecule has 0 unspecified atom stereocenters. The van der Waals surface area contributed by atoms with Crippen molar-refractivity contribution < 1.29 is 19.0 Å². The van der Waals surface area contributed by atoms with Crippen molar-refractivity contribution in [3.05, 3.63) is 54.6 Å². The molecule has 0 N–H and O–H groups in total. The monoisotopic (exact) mass is 268 g/mol. The van der Waals surface area contributed by atoms with Gasteiger partial charge in [-0.05, 0) is 31.2 Å². The largest absolute Gasteiger partial charge is 0.449 e. The van der Waals surface area contributed by atoms with Crippen LogP contribution in [-0.4, -0.2) is 5.97 Å². The summed E-state index contributed by atoms with van der Waals surface area (Å²) in [5, 5.41) is 0. The van der Waals surface area contributed by atoms with Crippen LogP contribution < -0.4 is 14.2 Å². The van der Waals surface area contributed by atoms with E-state index in [1.165, 1.54) is 0 Å². The highest BCUT2D eigenvalue weighted by molar-refractivity contribution is 5.89. The first-order valence-electron chi connectivity index (χ1n) is 6.10. The van der Waals surface area contributed by atoms with Crippen molar-refractivity contribution in [2.24, 2.45) is 0 Å². The first-order chi connectivity index (χ1) is 9.65. The van der Waals surface area contributed by atoms with Crippen LogP contribution in [0.5, 0.6) is 28.7 Å². The Morgan fingerprint density at radius 2 is 1.65 bits per heavy atom. The highest BCUT2D eigenvalue weighted by Crippen LogP contribution is 2.49. The number of carbonyl (C=O) groups excluding carboxylic acids is 1. The average Bonchev–Trinajstić information content (AvgIpc) is 2.45. The van der Waals surface area contributed by atoms with Gasteiger partial charge >= 0.3 is 5.97 Å². The minimum Gasteiger partial charge on any atom is -0.449 e. The van der Waals surface area contributed by atoms with Crippen molar-refractivity contribution in [1.29, 1.82) is 0 Å². The van der Waals surface area contributed by atoms with Gasteiger partial charge < -0.3 is 14.2 Å². The van der Waals surface area contributed by atoms with E-state index in [0.717, 1.165) is 0 Å². The van der Waals surface area contributed by atoms with Crippen molar-refractivity contribution in [3.8, 4) is 28.7 Å². The summed E-state index contributed by atoms with van der Waals surface area (Å²) in [5.41, 5.74) is 0.319. The van der Waals surface area contributed by atoms with Crippen molar-refractivity contribution in [1.82, 2.24) is 0 Å². The quantitative estimate of drug-likeness (QED) is 0.399. The fourth-order valence-corrected chi connectivity index (χ4v) is 1.79. The van der Waals surface area contributed by atoms with E-state index in [-0.39, 0.29) is 0 Å². The maximum atomic E-state index is 11.6. The molecule has 0 saturated carbocycles. The molecule has 0 atom stereocenters. The van der Waals surface area contributed by atoms with Crippen molar-refractivity contribution in [2.75, 3.05) is 0 Å². The lowest BCUT2D eigenvalue weighted by molar-refractivity contribution is -0.130. The number of fused-ring (bicyclic) bond motifs is 2. The van der Waals surface area contributed by atoms with Crippen LogP contribution in [0.1, 0.15) is 6.92 Å². The molecule has 0 fully saturated rings. The lowest BCUT2D eigenvalue weighted by atomic mass is 10.2. The molecule has 3 rings (SSSR count). The van der Waals surface area contributed by atoms with Gasteiger partial charge in [0.1, 0.15) is 0 Å². The lowest BCUT2D eigenvalue weighted by Gasteiger charge is -2.21. The Balaban J connectivity index is 1.98. The second-order valence-electron chi connectivity index (χ2n) is 4.40. The van der Waals surface area contributed by atoms with Gasteiger partial charge in [-0.25, -0.2) is 4.79 Å². The summed E-state index contributed by atoms with van der Waals surface area (Å²) in [6.07, 6.45) is 0. The third-order valence-electron chi connectivity index (χ3n) is 2.77. The van der Waals surface area contributed by atoms with E-state index in [0.29, 0.717) is 34.3 Å². The molecule has 20 heavy (non-hydrogen) atoms. The molecular weight excluding hydrogens is 256 g/mol. The number of para-hydroxylation sites is 3. The molecule has 0 spiro atoms. The van der Waals surface area contributed by atoms with E-state index >= 15 is 0 Å². The number of hydrogen-bond donors (Lipinski definition) is 0. The Hall–Kier alpha value is -2.75. The summed E-state index contributed by atoms with van der Waals surface area (Å²) in [7, 11) is 0. The van der Waals surface area contributed by atoms with Crippen LogP contribution in [0.25, 0.3) is 0 Å². The van der Waals surface area contributed by atoms with Crippen LogP contribution in [0.3, 0.4) is 0 Å². The molecule has 2 aromatic rings. The van der Waals surface area contributed by atoms with Gasteiger partial charge in [-0.1, -0.05) is 24.8 Å². The smallest absolute Gasteiger partial charge is 0.338 e. The molecule has 0 saturated heterocycles. The first-order valence-corrected chi connectivity index (χ1v) is 6.10. The fraction of sp³-hybridized carbons (Fsp3) is 0.0625. The Kier molecular flexibility index (Phi) is 2.91. The summed E-state index contributed by atoms with van der Waals surface area (Å²) < 4.78 is 16.7. The Morgan fingerprint density at radius 1 is 1.00 bits per heavy atom. The highest BCUT2D eigenvalue weighted by Gasteiger charge is 2.23. The molecule has 4 heteroatoms. The normalized spacial score (nSPS) is 11.4. The zero-order valence-electron chi connectivity index (χ0n) is 10.9. The highest BCUT2D eigenvalue weighted by atomic mass is 16.6. The molecule has 100 valence electrons. The summed E-state index contributed by atoms with van der Waals surface area (Å²) in [5.74, 6) is 1.92. The van der Waals surface area contributed by atoms with Gasteiger partial charge in [-0.15, -0.1) is 0 Å². The van der Waals surface area contributed by atoms with Gasteiger partial charge in [0.15, 0.2) is 23.0 Å². The van der Waals surface area contributed by atoms with Gasteiger partial charge in [0.2, 0.25) is 5.75 Å². The predicted molar refractivity (Wildman–Crippen MR) is 73.5 cm³/mol. The molecular formula is C16H12O4. The fourth-order valence-electron chi connectivity index (χ4n) is 1.79. The van der Waals surface area contributed by atoms with E-state index in [4.69, 9.17) is 14.2 Å². The summed E-state index contributed by atoms with van der Waals surface area (Å²) in [6.45, 7) is 5.14. The SMILES string of the molecule is C=C(C)C(=O)Oc1cccc2c1Oc1ccccc1O2. The molecule has 1 heterocycles. The zero-order chi connectivity index (χ0) is 14.1. The summed E-state index contributed by atoms with van der Waals surface area (Å²) in [4.78, 5) is 11.6. The lowest BCUT2D eigenvalue weighted by Crippen LogP contribution is -2.10. The number of benzene rings is 2. The van der Waals surface area contributed by atoms with Crippen molar-refractivity contribution in [3.63, 3.8) is 0 Å². The third-order valence-corrected chi connectivity index (χ3v) is 2.77. The van der Waals surface area contributed by atoms with Crippen LogP contribution >= 0.6 is 0 Å². The van der Waals surface area contributed by atoms with Crippen molar-refractivity contribution in [2.45, 2.75) is 6.92 Å². The van der Waals surface area contributed by atoms with E-state index in [1.54, 1.807) is 31.2 Å². The van der Waals surface area contributed by atoms with Crippen LogP contribution in [0.4, 0.5) is 0 Å². The average molecular weight is 268 g/mol. The number of carbonyl (C=O) groups is 1. The summed E-state index contributed by atoms with van der Waals surface area (Å²) >= 11 is 0. The van der Waals surface area contributed by atoms with Crippen molar-refractivity contribution >= 4 is 5.97 Å². The molecule has 2 aromatic carbocycles. The van der Waals surface area contributed by atoms with Gasteiger partial charge in [0.25, 0.3) is 0 Å². The predicted octanol–water partition coefficient (Wildman–Crippen LogP) is 4.07. The maximum absolute atomic E-state index is 11.6. The minimum atomic E-state index is -0.499. The Bertz CT molecular complexity index is 703. The standard InChI is InChI=1S/C16H12O4/c1-10(2)16(17)20-14-9-5-8-13-15(14)19-12-7-4-3-6-11(12)18-13/h3-9H,1H2,2H3. The molecule has 0 aliphatic carbocycles. The Labute approximate surface area is 116 Å². The molecule has 1 aliphatic rings. The van der Waals surface area contributed by atoms with Crippen LogP contribution in [0, 0.1) is 0 Å². The van der Waals surface area contributed by atoms with E-state index in [2.05, 4.69) is 6.58 Å².